The van der Waals surface area contributed by atoms with Crippen LogP contribution in [0.5, 0.6) is 0 Å². The molecule has 1 N–H and O–H groups in total. The fourth-order valence-electron chi connectivity index (χ4n) is 1.63. The first-order valence-electron chi connectivity index (χ1n) is 6.40. The Labute approximate surface area is 101 Å². The van der Waals surface area contributed by atoms with Crippen LogP contribution in [0.2, 0.25) is 0 Å². The third kappa shape index (κ3) is 8.72. The summed E-state index contributed by atoms with van der Waals surface area (Å²) in [4.78, 5) is 13.5. The summed E-state index contributed by atoms with van der Waals surface area (Å²) in [6.07, 6.45) is 2.75. The molecule has 0 aliphatic carbocycles. The summed E-state index contributed by atoms with van der Waals surface area (Å²) >= 11 is 0. The molecule has 0 aromatic rings. The van der Waals surface area contributed by atoms with Crippen LogP contribution in [0.1, 0.15) is 47.0 Å². The lowest BCUT2D eigenvalue weighted by Gasteiger charge is -2.19. The van der Waals surface area contributed by atoms with Gasteiger partial charge in [0.05, 0.1) is 0 Å². The van der Waals surface area contributed by atoms with Crippen LogP contribution < -0.4 is 5.32 Å². The molecule has 0 atom stereocenters. The number of nitrogens with zero attached hydrogens (tertiary/aromatic N) is 1. The van der Waals surface area contributed by atoms with Crippen LogP contribution in [0, 0.1) is 5.92 Å². The van der Waals surface area contributed by atoms with E-state index in [4.69, 9.17) is 0 Å². The van der Waals surface area contributed by atoms with Gasteiger partial charge in [-0.3, -0.25) is 4.79 Å². The second kappa shape index (κ2) is 8.57. The molecule has 0 aliphatic rings. The van der Waals surface area contributed by atoms with Crippen LogP contribution in [0.15, 0.2) is 0 Å². The van der Waals surface area contributed by atoms with Crippen LogP contribution in [0.3, 0.4) is 0 Å². The lowest BCUT2D eigenvalue weighted by atomic mass is 10.2. The number of unbranched alkanes of at least 4 members (excludes halogenated alkanes) is 1. The van der Waals surface area contributed by atoms with Crippen LogP contribution >= 0.6 is 0 Å². The van der Waals surface area contributed by atoms with E-state index in [1.165, 1.54) is 0 Å². The summed E-state index contributed by atoms with van der Waals surface area (Å²) in [7, 11) is 1.90. The molecule has 0 unspecified atom stereocenters. The van der Waals surface area contributed by atoms with Crippen molar-refractivity contribution < 1.29 is 4.79 Å². The largest absolute Gasteiger partial charge is 0.346 e. The number of hydrogen-bond donors (Lipinski definition) is 1. The molecule has 0 rings (SSSR count). The highest BCUT2D eigenvalue weighted by Crippen LogP contribution is 2.02. The third-order valence-electron chi connectivity index (χ3n) is 2.43. The molecule has 0 saturated heterocycles. The summed E-state index contributed by atoms with van der Waals surface area (Å²) in [6, 6.07) is 0.541. The topological polar surface area (TPSA) is 32.3 Å². The van der Waals surface area contributed by atoms with Crippen LogP contribution in [-0.2, 0) is 4.79 Å². The van der Waals surface area contributed by atoms with Gasteiger partial charge in [0.25, 0.3) is 0 Å². The third-order valence-corrected chi connectivity index (χ3v) is 2.43. The molecular weight excluding hydrogens is 200 g/mol. The molecule has 0 heterocycles. The monoisotopic (exact) mass is 228 g/mol. The Morgan fingerprint density at radius 1 is 1.19 bits per heavy atom. The normalized spacial score (nSPS) is 11.2. The van der Waals surface area contributed by atoms with Gasteiger partial charge in [0.2, 0.25) is 5.91 Å². The molecule has 0 fully saturated rings. The number of carbonyl (C=O) groups excluding carboxylic acids is 1. The van der Waals surface area contributed by atoms with Crippen molar-refractivity contribution in [2.75, 3.05) is 20.1 Å². The van der Waals surface area contributed by atoms with Crippen LogP contribution in [0.25, 0.3) is 0 Å². The van der Waals surface area contributed by atoms with E-state index in [-0.39, 0.29) is 5.91 Å². The van der Waals surface area contributed by atoms with E-state index in [1.807, 2.05) is 11.9 Å². The zero-order valence-electron chi connectivity index (χ0n) is 11.5. The summed E-state index contributed by atoms with van der Waals surface area (Å²) in [5, 5.41) is 3.36. The Balaban J connectivity index is 3.50. The molecular formula is C13H28N2O. The Bertz CT molecular complexity index is 190. The number of amides is 1. The molecule has 0 saturated carbocycles. The van der Waals surface area contributed by atoms with E-state index in [0.29, 0.717) is 18.4 Å². The Morgan fingerprint density at radius 3 is 2.31 bits per heavy atom. The Kier molecular flexibility index (Phi) is 8.26. The van der Waals surface area contributed by atoms with Gasteiger partial charge in [-0.25, -0.2) is 0 Å². The first-order chi connectivity index (χ1) is 7.43. The standard InChI is InChI=1S/C13H28N2O/c1-11(2)10-15(5)13(16)8-6-7-9-14-12(3)4/h11-12,14H,6-10H2,1-5H3. The van der Waals surface area contributed by atoms with E-state index in [2.05, 4.69) is 33.0 Å². The molecule has 96 valence electrons. The highest BCUT2D eigenvalue weighted by atomic mass is 16.2. The van der Waals surface area contributed by atoms with Crippen LogP contribution in [0.4, 0.5) is 0 Å². The van der Waals surface area contributed by atoms with E-state index >= 15 is 0 Å². The molecule has 16 heavy (non-hydrogen) atoms. The first kappa shape index (κ1) is 15.4. The molecule has 0 spiro atoms. The molecule has 0 radical (unpaired) electrons. The minimum absolute atomic E-state index is 0.276. The van der Waals surface area contributed by atoms with Crippen LogP contribution in [-0.4, -0.2) is 37.0 Å². The van der Waals surface area contributed by atoms with E-state index in [0.717, 1.165) is 25.9 Å². The SMILES string of the molecule is CC(C)CN(C)C(=O)CCCCNC(C)C. The quantitative estimate of drug-likeness (QED) is 0.646. The van der Waals surface area contributed by atoms with E-state index in [1.54, 1.807) is 0 Å². The number of carbonyl (C=O) groups is 1. The van der Waals surface area contributed by atoms with Gasteiger partial charge in [-0.2, -0.15) is 0 Å². The van der Waals surface area contributed by atoms with Crippen molar-refractivity contribution in [2.45, 2.75) is 53.0 Å². The maximum absolute atomic E-state index is 11.7. The van der Waals surface area contributed by atoms with Gasteiger partial charge < -0.3 is 10.2 Å². The van der Waals surface area contributed by atoms with Gasteiger partial charge in [-0.15, -0.1) is 0 Å². The lowest BCUT2D eigenvalue weighted by Crippen LogP contribution is -2.30. The number of nitrogens with one attached hydrogen (secondary N) is 1. The second-order valence-corrected chi connectivity index (χ2v) is 5.23. The number of rotatable bonds is 8. The first-order valence-corrected chi connectivity index (χ1v) is 6.40. The molecule has 3 heteroatoms. The summed E-state index contributed by atoms with van der Waals surface area (Å²) in [6.45, 7) is 10.4. The molecule has 0 bridgehead atoms. The molecule has 3 nitrogen and oxygen atoms in total. The minimum Gasteiger partial charge on any atom is -0.346 e. The van der Waals surface area contributed by atoms with Crippen molar-refractivity contribution in [1.29, 1.82) is 0 Å². The van der Waals surface area contributed by atoms with Gasteiger partial charge in [0.15, 0.2) is 0 Å². The maximum Gasteiger partial charge on any atom is 0.222 e. The van der Waals surface area contributed by atoms with Crippen molar-refractivity contribution >= 4 is 5.91 Å². The highest BCUT2D eigenvalue weighted by Gasteiger charge is 2.09. The van der Waals surface area contributed by atoms with Crippen molar-refractivity contribution in [2.24, 2.45) is 5.92 Å². The average Bonchev–Trinajstić information content (AvgIpc) is 2.15. The van der Waals surface area contributed by atoms with Crippen molar-refractivity contribution in [3.05, 3.63) is 0 Å². The zero-order valence-corrected chi connectivity index (χ0v) is 11.5. The average molecular weight is 228 g/mol. The summed E-state index contributed by atoms with van der Waals surface area (Å²) in [5.41, 5.74) is 0. The molecule has 0 aliphatic heterocycles. The highest BCUT2D eigenvalue weighted by molar-refractivity contribution is 5.75. The zero-order chi connectivity index (χ0) is 12.6. The second-order valence-electron chi connectivity index (χ2n) is 5.23. The van der Waals surface area contributed by atoms with E-state index in [9.17, 15) is 4.79 Å². The Morgan fingerprint density at radius 2 is 1.81 bits per heavy atom. The predicted octanol–water partition coefficient (Wildman–Crippen LogP) is 2.27. The number of hydrogen-bond acceptors (Lipinski definition) is 2. The van der Waals surface area contributed by atoms with Crippen molar-refractivity contribution in [3.8, 4) is 0 Å². The van der Waals surface area contributed by atoms with Crippen molar-refractivity contribution in [3.63, 3.8) is 0 Å². The molecule has 0 aromatic heterocycles. The fraction of sp³-hybridized carbons (Fsp3) is 0.923. The van der Waals surface area contributed by atoms with E-state index < -0.39 is 0 Å². The minimum atomic E-state index is 0.276. The molecule has 0 aromatic carbocycles. The smallest absolute Gasteiger partial charge is 0.222 e. The summed E-state index contributed by atoms with van der Waals surface area (Å²) in [5.74, 6) is 0.829. The van der Waals surface area contributed by atoms with Gasteiger partial charge in [0.1, 0.15) is 0 Å². The predicted molar refractivity (Wildman–Crippen MR) is 69.5 cm³/mol. The fourth-order valence-corrected chi connectivity index (χ4v) is 1.63. The lowest BCUT2D eigenvalue weighted by molar-refractivity contribution is -0.130. The van der Waals surface area contributed by atoms with Gasteiger partial charge >= 0.3 is 0 Å². The molecule has 1 amide bonds. The van der Waals surface area contributed by atoms with Gasteiger partial charge in [-0.05, 0) is 25.3 Å². The van der Waals surface area contributed by atoms with Gasteiger partial charge in [-0.1, -0.05) is 27.7 Å². The maximum atomic E-state index is 11.7. The Hall–Kier alpha value is -0.570. The summed E-state index contributed by atoms with van der Waals surface area (Å²) < 4.78 is 0. The van der Waals surface area contributed by atoms with Gasteiger partial charge in [0, 0.05) is 26.1 Å². The van der Waals surface area contributed by atoms with Crippen molar-refractivity contribution in [1.82, 2.24) is 10.2 Å².